The molecule has 1 aromatic rings. The molecule has 0 aliphatic heterocycles. The van der Waals surface area contributed by atoms with Crippen molar-refractivity contribution in [3.63, 3.8) is 0 Å². The molecule has 0 heterocycles. The largest absolute Gasteiger partial charge is 0.434 e. The van der Waals surface area contributed by atoms with Gasteiger partial charge in [-0.1, -0.05) is 28.1 Å². The second kappa shape index (κ2) is 7.31. The zero-order chi connectivity index (χ0) is 13.5. The zero-order valence-electron chi connectivity index (χ0n) is 9.91. The zero-order valence-corrected chi connectivity index (χ0v) is 11.5. The van der Waals surface area contributed by atoms with Gasteiger partial charge in [0.05, 0.1) is 5.56 Å². The second-order valence-corrected chi connectivity index (χ2v) is 4.24. The third-order valence-corrected chi connectivity index (χ3v) is 2.71. The van der Waals surface area contributed by atoms with Crippen molar-refractivity contribution in [2.45, 2.75) is 13.5 Å². The van der Waals surface area contributed by atoms with Crippen LogP contribution in [-0.2, 0) is 0 Å². The summed E-state index contributed by atoms with van der Waals surface area (Å²) in [6, 6.07) is 6.01. The Morgan fingerprint density at radius 1 is 1.44 bits per heavy atom. The van der Waals surface area contributed by atoms with E-state index in [1.54, 1.807) is 17.0 Å². The first-order chi connectivity index (χ1) is 8.60. The van der Waals surface area contributed by atoms with Crippen molar-refractivity contribution in [2.24, 2.45) is 0 Å². The van der Waals surface area contributed by atoms with Crippen LogP contribution in [0.15, 0.2) is 24.3 Å². The van der Waals surface area contributed by atoms with Crippen LogP contribution in [0.1, 0.15) is 17.3 Å². The molecule has 0 unspecified atom stereocenters. The highest BCUT2D eigenvalue weighted by Gasteiger charge is 2.19. The van der Waals surface area contributed by atoms with Gasteiger partial charge in [-0.25, -0.2) is 0 Å². The molecule has 18 heavy (non-hydrogen) atoms. The van der Waals surface area contributed by atoms with Gasteiger partial charge in [0.1, 0.15) is 5.75 Å². The van der Waals surface area contributed by atoms with Crippen molar-refractivity contribution in [1.29, 1.82) is 0 Å². The lowest BCUT2D eigenvalue weighted by Gasteiger charge is -2.21. The predicted molar refractivity (Wildman–Crippen MR) is 68.4 cm³/mol. The average Bonchev–Trinajstić information content (AvgIpc) is 2.35. The van der Waals surface area contributed by atoms with Gasteiger partial charge in [0.15, 0.2) is 0 Å². The van der Waals surface area contributed by atoms with Gasteiger partial charge in [-0.2, -0.15) is 8.78 Å². The highest BCUT2D eigenvalue weighted by molar-refractivity contribution is 9.09. The molecule has 0 spiro atoms. The van der Waals surface area contributed by atoms with Gasteiger partial charge in [0.2, 0.25) is 0 Å². The first kappa shape index (κ1) is 14.9. The maximum Gasteiger partial charge on any atom is 0.387 e. The van der Waals surface area contributed by atoms with Crippen molar-refractivity contribution in [3.05, 3.63) is 29.8 Å². The van der Waals surface area contributed by atoms with E-state index in [4.69, 9.17) is 0 Å². The molecule has 6 heteroatoms. The van der Waals surface area contributed by atoms with Crippen LogP contribution >= 0.6 is 15.9 Å². The molecule has 0 saturated carbocycles. The number of carbonyl (C=O) groups excluding carboxylic acids is 1. The summed E-state index contributed by atoms with van der Waals surface area (Å²) in [6.07, 6.45) is 0. The summed E-state index contributed by atoms with van der Waals surface area (Å²) >= 11 is 3.25. The van der Waals surface area contributed by atoms with E-state index in [9.17, 15) is 13.6 Å². The van der Waals surface area contributed by atoms with Gasteiger partial charge in [-0.3, -0.25) is 4.79 Å². The molecule has 1 rings (SSSR count). The van der Waals surface area contributed by atoms with E-state index in [1.807, 2.05) is 6.92 Å². The molecule has 0 saturated heterocycles. The molecule has 3 nitrogen and oxygen atoms in total. The Hall–Kier alpha value is -1.17. The number of alkyl halides is 3. The van der Waals surface area contributed by atoms with Crippen molar-refractivity contribution in [2.75, 3.05) is 18.4 Å². The second-order valence-electron chi connectivity index (χ2n) is 3.45. The lowest BCUT2D eigenvalue weighted by Crippen LogP contribution is -2.32. The highest BCUT2D eigenvalue weighted by atomic mass is 79.9. The van der Waals surface area contributed by atoms with Crippen LogP contribution < -0.4 is 4.74 Å². The maximum absolute atomic E-state index is 12.2. The lowest BCUT2D eigenvalue weighted by atomic mass is 10.1. The minimum absolute atomic E-state index is 0.0921. The smallest absolute Gasteiger partial charge is 0.387 e. The quantitative estimate of drug-likeness (QED) is 0.753. The first-order valence-corrected chi connectivity index (χ1v) is 6.61. The Bertz CT molecular complexity index is 401. The van der Waals surface area contributed by atoms with E-state index in [0.29, 0.717) is 18.4 Å². The van der Waals surface area contributed by atoms with Crippen LogP contribution in [0.3, 0.4) is 0 Å². The minimum Gasteiger partial charge on any atom is -0.434 e. The molecule has 0 bridgehead atoms. The Morgan fingerprint density at radius 3 is 2.67 bits per heavy atom. The van der Waals surface area contributed by atoms with Crippen LogP contribution in [-0.4, -0.2) is 35.8 Å². The minimum atomic E-state index is -2.94. The fourth-order valence-corrected chi connectivity index (χ4v) is 1.95. The molecule has 0 aliphatic rings. The predicted octanol–water partition coefficient (Wildman–Crippen LogP) is 3.15. The monoisotopic (exact) mass is 321 g/mol. The van der Waals surface area contributed by atoms with E-state index in [-0.39, 0.29) is 17.2 Å². The van der Waals surface area contributed by atoms with Crippen LogP contribution in [0.5, 0.6) is 5.75 Å². The van der Waals surface area contributed by atoms with Crippen LogP contribution in [0.25, 0.3) is 0 Å². The van der Waals surface area contributed by atoms with E-state index < -0.39 is 6.61 Å². The number of carbonyl (C=O) groups is 1. The summed E-state index contributed by atoms with van der Waals surface area (Å²) < 4.78 is 28.8. The molecular formula is C12H14BrF2NO2. The molecule has 100 valence electrons. The van der Waals surface area contributed by atoms with Gasteiger partial charge < -0.3 is 9.64 Å². The Balaban J connectivity index is 2.96. The van der Waals surface area contributed by atoms with Crippen molar-refractivity contribution in [1.82, 2.24) is 4.90 Å². The molecule has 0 atom stereocenters. The van der Waals surface area contributed by atoms with E-state index >= 15 is 0 Å². The summed E-state index contributed by atoms with van der Waals surface area (Å²) in [5.74, 6) is -0.404. The number of rotatable bonds is 6. The van der Waals surface area contributed by atoms with Gasteiger partial charge >= 0.3 is 6.61 Å². The van der Waals surface area contributed by atoms with Crippen molar-refractivity contribution in [3.8, 4) is 5.75 Å². The summed E-state index contributed by atoms with van der Waals surface area (Å²) in [7, 11) is 0. The van der Waals surface area contributed by atoms with E-state index in [2.05, 4.69) is 20.7 Å². The van der Waals surface area contributed by atoms with E-state index in [0.717, 1.165) is 0 Å². The fraction of sp³-hybridized carbons (Fsp3) is 0.417. The molecule has 1 aromatic carbocycles. The van der Waals surface area contributed by atoms with Gasteiger partial charge in [-0.15, -0.1) is 0 Å². The molecule has 1 amide bonds. The topological polar surface area (TPSA) is 29.5 Å². The summed E-state index contributed by atoms with van der Waals surface area (Å²) in [5, 5.41) is 0.629. The first-order valence-electron chi connectivity index (χ1n) is 5.49. The summed E-state index contributed by atoms with van der Waals surface area (Å²) in [4.78, 5) is 13.7. The molecule has 0 aliphatic carbocycles. The number of halogens is 3. The van der Waals surface area contributed by atoms with Gasteiger partial charge in [0.25, 0.3) is 5.91 Å². The van der Waals surface area contributed by atoms with Gasteiger partial charge in [-0.05, 0) is 19.1 Å². The molecule has 0 aromatic heterocycles. The van der Waals surface area contributed by atoms with Crippen molar-refractivity contribution < 1.29 is 18.3 Å². The Labute approximate surface area is 113 Å². The Kier molecular flexibility index (Phi) is 6.04. The number of benzene rings is 1. The van der Waals surface area contributed by atoms with Crippen molar-refractivity contribution >= 4 is 21.8 Å². The number of hydrogen-bond acceptors (Lipinski definition) is 2. The number of hydrogen-bond donors (Lipinski definition) is 0. The van der Waals surface area contributed by atoms with Crippen LogP contribution in [0.2, 0.25) is 0 Å². The summed E-state index contributed by atoms with van der Waals surface area (Å²) in [5.41, 5.74) is 0.153. The average molecular weight is 322 g/mol. The molecule has 0 radical (unpaired) electrons. The number of para-hydroxylation sites is 1. The fourth-order valence-electron chi connectivity index (χ4n) is 1.52. The molecule has 0 fully saturated rings. The van der Waals surface area contributed by atoms with Crippen LogP contribution in [0, 0.1) is 0 Å². The third kappa shape index (κ3) is 3.94. The number of ether oxygens (including phenoxy) is 1. The maximum atomic E-state index is 12.2. The SMILES string of the molecule is CCN(CCBr)C(=O)c1ccccc1OC(F)F. The highest BCUT2D eigenvalue weighted by Crippen LogP contribution is 2.21. The number of amides is 1. The summed E-state index contributed by atoms with van der Waals surface area (Å²) in [6.45, 7) is -0.0895. The number of nitrogens with zero attached hydrogens (tertiary/aromatic N) is 1. The molecular weight excluding hydrogens is 308 g/mol. The lowest BCUT2D eigenvalue weighted by molar-refractivity contribution is -0.0502. The standard InChI is InChI=1S/C12H14BrF2NO2/c1-2-16(8-7-13)11(17)9-5-3-4-6-10(9)18-12(14)15/h3-6,12H,2,7-8H2,1H3. The molecule has 0 N–H and O–H groups in total. The van der Waals surface area contributed by atoms with Crippen LogP contribution in [0.4, 0.5) is 8.78 Å². The third-order valence-electron chi connectivity index (χ3n) is 2.36. The Morgan fingerprint density at radius 2 is 2.11 bits per heavy atom. The van der Waals surface area contributed by atoms with Gasteiger partial charge in [0, 0.05) is 18.4 Å². The normalized spacial score (nSPS) is 10.5. The van der Waals surface area contributed by atoms with E-state index in [1.165, 1.54) is 12.1 Å².